The lowest BCUT2D eigenvalue weighted by molar-refractivity contribution is -0.206. The lowest BCUT2D eigenvalue weighted by Gasteiger charge is -2.29. The molecule has 1 aliphatic heterocycles. The average Bonchev–Trinajstić information content (AvgIpc) is 2.95. The minimum atomic E-state index is -0.245. The lowest BCUT2D eigenvalue weighted by Crippen LogP contribution is -2.27. The van der Waals surface area contributed by atoms with Gasteiger partial charge >= 0.3 is 0 Å². The van der Waals surface area contributed by atoms with Gasteiger partial charge in [0, 0.05) is 11.5 Å². The largest absolute Gasteiger partial charge is 0.491 e. The summed E-state index contributed by atoms with van der Waals surface area (Å²) < 4.78 is 18.3. The predicted molar refractivity (Wildman–Crippen MR) is 161 cm³/mol. The van der Waals surface area contributed by atoms with Crippen molar-refractivity contribution in [2.75, 3.05) is 13.2 Å². The highest BCUT2D eigenvalue weighted by atomic mass is 16.7. The summed E-state index contributed by atoms with van der Waals surface area (Å²) in [5.41, 5.74) is 3.49. The molecule has 2 aromatic rings. The Balaban J connectivity index is 1.33. The van der Waals surface area contributed by atoms with Gasteiger partial charge in [0.1, 0.15) is 5.75 Å². The highest BCUT2D eigenvalue weighted by molar-refractivity contribution is 5.64. The fourth-order valence-corrected chi connectivity index (χ4v) is 5.22. The molecular weight excluding hydrogens is 468 g/mol. The highest BCUT2D eigenvalue weighted by Gasteiger charge is 2.23. The lowest BCUT2D eigenvalue weighted by atomic mass is 10.00. The topological polar surface area (TPSA) is 27.7 Å². The number of unbranched alkanes of at least 4 members (excludes halogenated alkanes) is 10. The van der Waals surface area contributed by atoms with E-state index in [4.69, 9.17) is 14.2 Å². The van der Waals surface area contributed by atoms with Crippen LogP contribution in [0.2, 0.25) is 0 Å². The number of benzene rings is 2. The van der Waals surface area contributed by atoms with Crippen LogP contribution in [0.5, 0.6) is 5.75 Å². The molecule has 1 aliphatic rings. The van der Waals surface area contributed by atoms with Crippen LogP contribution in [0.15, 0.2) is 61.2 Å². The normalized spacial score (nSPS) is 18.3. The third kappa shape index (κ3) is 11.3. The highest BCUT2D eigenvalue weighted by Crippen LogP contribution is 2.30. The van der Waals surface area contributed by atoms with E-state index in [1.807, 2.05) is 6.08 Å². The van der Waals surface area contributed by atoms with Gasteiger partial charge in [0.05, 0.1) is 19.3 Å². The zero-order valence-electron chi connectivity index (χ0n) is 24.2. The molecule has 0 radical (unpaired) electrons. The van der Waals surface area contributed by atoms with Crippen molar-refractivity contribution in [1.82, 2.24) is 0 Å². The Morgan fingerprint density at radius 1 is 0.789 bits per heavy atom. The Hall–Kier alpha value is -2.10. The Kier molecular flexibility index (Phi) is 14.6. The van der Waals surface area contributed by atoms with E-state index in [9.17, 15) is 0 Å². The second-order valence-electron chi connectivity index (χ2n) is 11.1. The van der Waals surface area contributed by atoms with Gasteiger partial charge < -0.3 is 14.2 Å². The van der Waals surface area contributed by atoms with E-state index in [1.165, 1.54) is 88.2 Å². The molecule has 0 aliphatic carbocycles. The van der Waals surface area contributed by atoms with Crippen molar-refractivity contribution in [3.8, 4) is 16.9 Å². The Morgan fingerprint density at radius 2 is 1.37 bits per heavy atom. The molecule has 3 nitrogen and oxygen atoms in total. The third-order valence-corrected chi connectivity index (χ3v) is 7.66. The first kappa shape index (κ1) is 30.4. The van der Waals surface area contributed by atoms with E-state index < -0.39 is 0 Å². The van der Waals surface area contributed by atoms with Crippen molar-refractivity contribution >= 4 is 0 Å². The van der Waals surface area contributed by atoms with Crippen LogP contribution in [-0.4, -0.2) is 19.3 Å². The zero-order chi connectivity index (χ0) is 26.8. The van der Waals surface area contributed by atoms with Gasteiger partial charge in [-0.3, -0.25) is 0 Å². The Bertz CT molecular complexity index is 865. The third-order valence-electron chi connectivity index (χ3n) is 7.66. The van der Waals surface area contributed by atoms with Gasteiger partial charge in [0.2, 0.25) is 0 Å². The molecule has 0 saturated carbocycles. The number of allylic oxidation sites excluding steroid dienone is 1. The fraction of sp³-hybridized carbons (Fsp3) is 0.600. The molecule has 3 heteroatoms. The monoisotopic (exact) mass is 520 g/mol. The zero-order valence-corrected chi connectivity index (χ0v) is 24.2. The first-order valence-corrected chi connectivity index (χ1v) is 15.4. The van der Waals surface area contributed by atoms with Gasteiger partial charge in [-0.2, -0.15) is 0 Å². The van der Waals surface area contributed by atoms with Crippen LogP contribution in [0, 0.1) is 5.92 Å². The summed E-state index contributed by atoms with van der Waals surface area (Å²) in [5, 5.41) is 0. The van der Waals surface area contributed by atoms with Gasteiger partial charge in [0.15, 0.2) is 6.29 Å². The van der Waals surface area contributed by atoms with Crippen LogP contribution in [0.1, 0.15) is 116 Å². The first-order chi connectivity index (χ1) is 18.7. The molecule has 210 valence electrons. The molecule has 0 amide bonds. The summed E-state index contributed by atoms with van der Waals surface area (Å²) >= 11 is 0. The molecule has 0 aromatic heterocycles. The maximum absolute atomic E-state index is 6.11. The van der Waals surface area contributed by atoms with E-state index in [0.717, 1.165) is 37.4 Å². The van der Waals surface area contributed by atoms with Crippen molar-refractivity contribution in [2.24, 2.45) is 5.92 Å². The van der Waals surface area contributed by atoms with Crippen LogP contribution in [-0.2, 0) is 9.47 Å². The molecule has 1 unspecified atom stereocenters. The molecule has 1 heterocycles. The SMILES string of the molecule is C=CCCCCCCCCCC1COC(c2ccc(-c3ccc(OC(C)CCCCCC)cc3)cc2)OC1. The number of rotatable bonds is 19. The predicted octanol–water partition coefficient (Wildman–Crippen LogP) is 10.4. The Labute approximate surface area is 233 Å². The number of hydrogen-bond acceptors (Lipinski definition) is 3. The van der Waals surface area contributed by atoms with Gasteiger partial charge in [0.25, 0.3) is 0 Å². The van der Waals surface area contributed by atoms with E-state index in [-0.39, 0.29) is 12.4 Å². The summed E-state index contributed by atoms with van der Waals surface area (Å²) in [4.78, 5) is 0. The molecule has 38 heavy (non-hydrogen) atoms. The molecule has 3 rings (SSSR count). The number of hydrogen-bond donors (Lipinski definition) is 0. The minimum absolute atomic E-state index is 0.245. The number of ether oxygens (including phenoxy) is 3. The summed E-state index contributed by atoms with van der Waals surface area (Å²) in [5.74, 6) is 1.48. The van der Waals surface area contributed by atoms with E-state index in [0.29, 0.717) is 5.92 Å². The van der Waals surface area contributed by atoms with Crippen molar-refractivity contribution < 1.29 is 14.2 Å². The van der Waals surface area contributed by atoms with Gasteiger partial charge in [-0.25, -0.2) is 0 Å². The van der Waals surface area contributed by atoms with Crippen molar-refractivity contribution in [3.05, 3.63) is 66.7 Å². The molecule has 2 aromatic carbocycles. The van der Waals surface area contributed by atoms with Crippen LogP contribution in [0.4, 0.5) is 0 Å². The average molecular weight is 521 g/mol. The quantitative estimate of drug-likeness (QED) is 0.136. The second-order valence-corrected chi connectivity index (χ2v) is 11.1. The van der Waals surface area contributed by atoms with Crippen molar-refractivity contribution in [1.29, 1.82) is 0 Å². The van der Waals surface area contributed by atoms with Crippen LogP contribution in [0.3, 0.4) is 0 Å². The van der Waals surface area contributed by atoms with Gasteiger partial charge in [-0.05, 0) is 62.3 Å². The maximum Gasteiger partial charge on any atom is 0.183 e. The van der Waals surface area contributed by atoms with Crippen molar-refractivity contribution in [3.63, 3.8) is 0 Å². The summed E-state index contributed by atoms with van der Waals surface area (Å²) in [7, 11) is 0. The van der Waals surface area contributed by atoms with E-state index in [2.05, 4.69) is 69.0 Å². The van der Waals surface area contributed by atoms with Gasteiger partial charge in [-0.1, -0.05) is 107 Å². The second kappa shape index (κ2) is 18.2. The molecule has 0 N–H and O–H groups in total. The first-order valence-electron chi connectivity index (χ1n) is 15.4. The molecule has 1 saturated heterocycles. The molecule has 0 bridgehead atoms. The summed E-state index contributed by atoms with van der Waals surface area (Å²) in [6.07, 6.45) is 20.0. The Morgan fingerprint density at radius 3 is 2.00 bits per heavy atom. The molecule has 1 atom stereocenters. The smallest absolute Gasteiger partial charge is 0.183 e. The fourth-order valence-electron chi connectivity index (χ4n) is 5.22. The minimum Gasteiger partial charge on any atom is -0.491 e. The summed E-state index contributed by atoms with van der Waals surface area (Å²) in [6, 6.07) is 17.1. The molecule has 1 fully saturated rings. The molecule has 0 spiro atoms. The van der Waals surface area contributed by atoms with E-state index >= 15 is 0 Å². The van der Waals surface area contributed by atoms with Crippen LogP contribution in [0.25, 0.3) is 11.1 Å². The summed E-state index contributed by atoms with van der Waals surface area (Å²) in [6.45, 7) is 9.81. The van der Waals surface area contributed by atoms with Crippen LogP contribution >= 0.6 is 0 Å². The van der Waals surface area contributed by atoms with E-state index in [1.54, 1.807) is 0 Å². The van der Waals surface area contributed by atoms with Gasteiger partial charge in [-0.15, -0.1) is 6.58 Å². The van der Waals surface area contributed by atoms with Crippen molar-refractivity contribution in [2.45, 2.75) is 116 Å². The molecular formula is C35H52O3. The standard InChI is InChI=1S/C35H52O3/c1-4-6-8-10-11-12-13-14-16-18-30-27-36-35(37-28-30)33-21-19-31(20-22-33)32-23-25-34(26-24-32)38-29(3)17-15-9-7-5-2/h4,19-26,29-30,35H,1,5-18,27-28H2,2-3H3. The van der Waals surface area contributed by atoms with Crippen LogP contribution < -0.4 is 4.74 Å². The maximum atomic E-state index is 6.11.